The minimum absolute atomic E-state index is 0.0269. The second-order valence-corrected chi connectivity index (χ2v) is 7.41. The van der Waals surface area contributed by atoms with Gasteiger partial charge in [0.15, 0.2) is 5.65 Å². The summed E-state index contributed by atoms with van der Waals surface area (Å²) in [5, 5.41) is 5.33. The van der Waals surface area contributed by atoms with Crippen molar-refractivity contribution in [1.82, 2.24) is 14.8 Å². The summed E-state index contributed by atoms with van der Waals surface area (Å²) >= 11 is 0. The fraction of sp³-hybridized carbons (Fsp3) is 0.381. The number of hydrogen-bond acceptors (Lipinski definition) is 3. The van der Waals surface area contributed by atoms with Crippen molar-refractivity contribution >= 4 is 22.6 Å². The molecule has 1 amide bonds. The van der Waals surface area contributed by atoms with Gasteiger partial charge in [-0.3, -0.25) is 4.79 Å². The minimum atomic E-state index is 0.0269. The Balaban J connectivity index is 1.77. The number of fused-ring (bicyclic) bond motifs is 2. The predicted molar refractivity (Wildman–Crippen MR) is 104 cm³/mol. The van der Waals surface area contributed by atoms with E-state index in [1.165, 1.54) is 11.1 Å². The number of rotatable bonds is 2. The lowest BCUT2D eigenvalue weighted by Gasteiger charge is -2.30. The van der Waals surface area contributed by atoms with Gasteiger partial charge in [-0.1, -0.05) is 17.7 Å². The van der Waals surface area contributed by atoms with Crippen molar-refractivity contribution in [3.63, 3.8) is 0 Å². The molecule has 1 aliphatic heterocycles. The van der Waals surface area contributed by atoms with Crippen LogP contribution in [0.4, 0.5) is 5.69 Å². The second-order valence-electron chi connectivity index (χ2n) is 7.41. The van der Waals surface area contributed by atoms with E-state index in [4.69, 9.17) is 4.98 Å². The number of hydrogen-bond donors (Lipinski definition) is 0. The molecule has 5 heteroatoms. The fourth-order valence-electron chi connectivity index (χ4n) is 3.74. The highest BCUT2D eigenvalue weighted by molar-refractivity contribution is 6.08. The maximum Gasteiger partial charge on any atom is 0.260 e. The Labute approximate surface area is 153 Å². The van der Waals surface area contributed by atoms with Crippen LogP contribution in [0.5, 0.6) is 0 Å². The lowest BCUT2D eigenvalue weighted by Crippen LogP contribution is -2.36. The van der Waals surface area contributed by atoms with Crippen LogP contribution in [0.2, 0.25) is 0 Å². The molecule has 0 radical (unpaired) electrons. The molecule has 5 nitrogen and oxygen atoms in total. The van der Waals surface area contributed by atoms with Gasteiger partial charge < -0.3 is 4.90 Å². The Morgan fingerprint density at radius 3 is 2.77 bits per heavy atom. The zero-order chi connectivity index (χ0) is 18.4. The molecule has 26 heavy (non-hydrogen) atoms. The van der Waals surface area contributed by atoms with E-state index in [0.717, 1.165) is 41.8 Å². The maximum absolute atomic E-state index is 13.3. The summed E-state index contributed by atoms with van der Waals surface area (Å²) in [5.41, 5.74) is 5.77. The van der Waals surface area contributed by atoms with Crippen molar-refractivity contribution in [2.45, 2.75) is 46.6 Å². The van der Waals surface area contributed by atoms with Gasteiger partial charge in [0, 0.05) is 23.7 Å². The average Bonchev–Trinajstić information content (AvgIpc) is 3.02. The molecule has 0 N–H and O–H groups in total. The fourth-order valence-corrected chi connectivity index (χ4v) is 3.74. The van der Waals surface area contributed by atoms with E-state index >= 15 is 0 Å². The smallest absolute Gasteiger partial charge is 0.260 e. The third kappa shape index (κ3) is 2.68. The summed E-state index contributed by atoms with van der Waals surface area (Å²) in [6.45, 7) is 8.90. The van der Waals surface area contributed by atoms with Crippen LogP contribution < -0.4 is 4.90 Å². The van der Waals surface area contributed by atoms with E-state index in [2.05, 4.69) is 44.1 Å². The monoisotopic (exact) mass is 348 g/mol. The average molecular weight is 348 g/mol. The number of benzene rings is 1. The number of carbonyl (C=O) groups excluding carboxylic acids is 1. The minimum Gasteiger partial charge on any atom is -0.308 e. The van der Waals surface area contributed by atoms with Gasteiger partial charge in [0.1, 0.15) is 0 Å². The highest BCUT2D eigenvalue weighted by Crippen LogP contribution is 2.30. The highest BCUT2D eigenvalue weighted by atomic mass is 16.2. The standard InChI is InChI=1S/C21H24N4O/c1-13(2)25-20-17(12-22-25)11-18(15(4)23-20)21(26)24-9-5-6-16-10-14(3)7-8-19(16)24/h7-8,10-13H,5-6,9H2,1-4H3. The van der Waals surface area contributed by atoms with E-state index in [9.17, 15) is 4.79 Å². The first-order valence-corrected chi connectivity index (χ1v) is 9.22. The largest absolute Gasteiger partial charge is 0.308 e. The van der Waals surface area contributed by atoms with E-state index < -0.39 is 0 Å². The number of anilines is 1. The van der Waals surface area contributed by atoms with Crippen LogP contribution in [0.25, 0.3) is 11.0 Å². The van der Waals surface area contributed by atoms with Crippen molar-refractivity contribution in [2.75, 3.05) is 11.4 Å². The number of aryl methyl sites for hydroxylation is 3. The van der Waals surface area contributed by atoms with Gasteiger partial charge in [-0.2, -0.15) is 5.10 Å². The molecule has 0 fully saturated rings. The molecular weight excluding hydrogens is 324 g/mol. The molecule has 134 valence electrons. The molecule has 0 atom stereocenters. The van der Waals surface area contributed by atoms with Crippen molar-refractivity contribution in [3.8, 4) is 0 Å². The number of nitrogens with zero attached hydrogens (tertiary/aromatic N) is 4. The van der Waals surface area contributed by atoms with E-state index in [-0.39, 0.29) is 11.9 Å². The van der Waals surface area contributed by atoms with Gasteiger partial charge in [0.05, 0.1) is 17.5 Å². The molecule has 1 aliphatic rings. The molecule has 0 saturated heterocycles. The number of carbonyl (C=O) groups is 1. The van der Waals surface area contributed by atoms with Crippen LogP contribution in [0, 0.1) is 13.8 Å². The molecule has 0 spiro atoms. The Kier molecular flexibility index (Phi) is 4.02. The van der Waals surface area contributed by atoms with Crippen LogP contribution in [0.15, 0.2) is 30.5 Å². The first-order chi connectivity index (χ1) is 12.5. The Morgan fingerprint density at radius 2 is 2.00 bits per heavy atom. The topological polar surface area (TPSA) is 51.0 Å². The molecule has 3 aromatic rings. The SMILES string of the molecule is Cc1ccc2c(c1)CCCN2C(=O)c1cc2cnn(C(C)C)c2nc1C. The van der Waals surface area contributed by atoms with Crippen LogP contribution in [-0.2, 0) is 6.42 Å². The third-order valence-electron chi connectivity index (χ3n) is 5.08. The summed E-state index contributed by atoms with van der Waals surface area (Å²) in [7, 11) is 0. The van der Waals surface area contributed by atoms with Gasteiger partial charge in [-0.15, -0.1) is 0 Å². The molecule has 4 rings (SSSR count). The number of amides is 1. The predicted octanol–water partition coefficient (Wildman–Crippen LogP) is 4.22. The molecular formula is C21H24N4O. The van der Waals surface area contributed by atoms with Crippen LogP contribution >= 0.6 is 0 Å². The van der Waals surface area contributed by atoms with Crippen molar-refractivity contribution < 1.29 is 4.79 Å². The Morgan fingerprint density at radius 1 is 1.19 bits per heavy atom. The highest BCUT2D eigenvalue weighted by Gasteiger charge is 2.26. The molecule has 3 heterocycles. The first kappa shape index (κ1) is 16.8. The van der Waals surface area contributed by atoms with E-state index in [1.54, 1.807) is 6.20 Å². The lowest BCUT2D eigenvalue weighted by atomic mass is 9.98. The quantitative estimate of drug-likeness (QED) is 0.697. The molecule has 0 bridgehead atoms. The van der Waals surface area contributed by atoms with Gasteiger partial charge >= 0.3 is 0 Å². The van der Waals surface area contributed by atoms with Crippen LogP contribution in [0.1, 0.15) is 53.5 Å². The summed E-state index contributed by atoms with van der Waals surface area (Å²) in [6, 6.07) is 8.51. The Bertz CT molecular complexity index is 1000. The van der Waals surface area contributed by atoms with Crippen molar-refractivity contribution in [2.24, 2.45) is 0 Å². The Hall–Kier alpha value is -2.69. The number of aromatic nitrogens is 3. The summed E-state index contributed by atoms with van der Waals surface area (Å²) < 4.78 is 1.90. The van der Waals surface area contributed by atoms with Gasteiger partial charge in [-0.25, -0.2) is 9.67 Å². The third-order valence-corrected chi connectivity index (χ3v) is 5.08. The van der Waals surface area contributed by atoms with Gasteiger partial charge in [0.25, 0.3) is 5.91 Å². The van der Waals surface area contributed by atoms with E-state index in [0.29, 0.717) is 5.56 Å². The summed E-state index contributed by atoms with van der Waals surface area (Å²) in [4.78, 5) is 19.9. The van der Waals surface area contributed by atoms with Crippen LogP contribution in [-0.4, -0.2) is 27.2 Å². The molecule has 1 aromatic carbocycles. The molecule has 0 saturated carbocycles. The zero-order valence-corrected chi connectivity index (χ0v) is 15.8. The lowest BCUT2D eigenvalue weighted by molar-refractivity contribution is 0.0984. The normalized spacial score (nSPS) is 14.1. The first-order valence-electron chi connectivity index (χ1n) is 9.22. The number of pyridine rings is 1. The summed E-state index contributed by atoms with van der Waals surface area (Å²) in [5.74, 6) is 0.0269. The van der Waals surface area contributed by atoms with Crippen LogP contribution in [0.3, 0.4) is 0 Å². The summed E-state index contributed by atoms with van der Waals surface area (Å²) in [6.07, 6.45) is 3.81. The zero-order valence-electron chi connectivity index (χ0n) is 15.8. The van der Waals surface area contributed by atoms with Gasteiger partial charge in [-0.05, 0) is 58.2 Å². The van der Waals surface area contributed by atoms with E-state index in [1.807, 2.05) is 22.6 Å². The molecule has 0 unspecified atom stereocenters. The van der Waals surface area contributed by atoms with Crippen molar-refractivity contribution in [3.05, 3.63) is 52.8 Å². The molecule has 0 aliphatic carbocycles. The molecule has 2 aromatic heterocycles. The maximum atomic E-state index is 13.3. The van der Waals surface area contributed by atoms with Gasteiger partial charge in [0.2, 0.25) is 0 Å². The van der Waals surface area contributed by atoms with Crippen molar-refractivity contribution in [1.29, 1.82) is 0 Å². The second kappa shape index (κ2) is 6.24.